The lowest BCUT2D eigenvalue weighted by Gasteiger charge is -2.36. The number of methoxy groups -OCH3 is 1. The number of likely N-dealkylation sites (tertiary alicyclic amines) is 1. The molecule has 0 aromatic heterocycles. The summed E-state index contributed by atoms with van der Waals surface area (Å²) in [6.07, 6.45) is -0.195. The van der Waals surface area contributed by atoms with Gasteiger partial charge in [0.1, 0.15) is 12.2 Å². The first-order valence-corrected chi connectivity index (χ1v) is 8.97. The van der Waals surface area contributed by atoms with Gasteiger partial charge in [0.15, 0.2) is 0 Å². The van der Waals surface area contributed by atoms with E-state index >= 15 is 0 Å². The fourth-order valence-corrected chi connectivity index (χ4v) is 2.95. The standard InChI is InChI=1S/C20H27NO6/c1-20(2,3)27-19(24)21-11-10-15(16(12-21)17(22)25-4)18(23)26-13-14-8-6-5-7-9-14/h5-9,15-16H,10-13H2,1-4H3. The van der Waals surface area contributed by atoms with E-state index in [9.17, 15) is 14.4 Å². The van der Waals surface area contributed by atoms with Gasteiger partial charge in [-0.3, -0.25) is 9.59 Å². The molecule has 1 fully saturated rings. The maximum atomic E-state index is 12.5. The number of nitrogens with zero attached hydrogens (tertiary/aromatic N) is 1. The van der Waals surface area contributed by atoms with Crippen molar-refractivity contribution in [3.8, 4) is 0 Å². The van der Waals surface area contributed by atoms with Crippen LogP contribution in [-0.4, -0.2) is 48.7 Å². The predicted octanol–water partition coefficient (Wildman–Crippen LogP) is 2.78. The van der Waals surface area contributed by atoms with E-state index in [1.165, 1.54) is 12.0 Å². The Bertz CT molecular complexity index is 667. The minimum absolute atomic E-state index is 0.0622. The molecule has 1 aromatic carbocycles. The molecule has 148 valence electrons. The van der Waals surface area contributed by atoms with E-state index in [2.05, 4.69) is 0 Å². The van der Waals surface area contributed by atoms with Crippen LogP contribution in [0.25, 0.3) is 0 Å². The summed E-state index contributed by atoms with van der Waals surface area (Å²) < 4.78 is 15.6. The van der Waals surface area contributed by atoms with Gasteiger partial charge in [-0.05, 0) is 32.8 Å². The van der Waals surface area contributed by atoms with Gasteiger partial charge < -0.3 is 19.1 Å². The summed E-state index contributed by atoms with van der Waals surface area (Å²) >= 11 is 0. The van der Waals surface area contributed by atoms with Crippen LogP contribution in [0.3, 0.4) is 0 Å². The first-order chi connectivity index (χ1) is 12.7. The van der Waals surface area contributed by atoms with Crippen molar-refractivity contribution in [1.29, 1.82) is 0 Å². The Labute approximate surface area is 159 Å². The highest BCUT2D eigenvalue weighted by molar-refractivity contribution is 5.83. The SMILES string of the molecule is COC(=O)C1CN(C(=O)OC(C)(C)C)CCC1C(=O)OCc1ccccc1. The Balaban J connectivity index is 2.02. The van der Waals surface area contributed by atoms with Crippen LogP contribution in [0.5, 0.6) is 0 Å². The van der Waals surface area contributed by atoms with E-state index in [4.69, 9.17) is 14.2 Å². The zero-order valence-electron chi connectivity index (χ0n) is 16.3. The van der Waals surface area contributed by atoms with Crippen molar-refractivity contribution in [2.45, 2.75) is 39.4 Å². The second-order valence-corrected chi connectivity index (χ2v) is 7.54. The quantitative estimate of drug-likeness (QED) is 0.593. The molecule has 2 unspecified atom stereocenters. The van der Waals surface area contributed by atoms with Gasteiger partial charge in [-0.25, -0.2) is 4.79 Å². The predicted molar refractivity (Wildman–Crippen MR) is 97.7 cm³/mol. The second-order valence-electron chi connectivity index (χ2n) is 7.54. The average molecular weight is 377 g/mol. The molecule has 0 saturated carbocycles. The fraction of sp³-hybridized carbons (Fsp3) is 0.550. The van der Waals surface area contributed by atoms with Crippen molar-refractivity contribution in [2.75, 3.05) is 20.2 Å². The number of carbonyl (C=O) groups excluding carboxylic acids is 3. The van der Waals surface area contributed by atoms with Crippen LogP contribution in [0.2, 0.25) is 0 Å². The largest absolute Gasteiger partial charge is 0.469 e. The van der Waals surface area contributed by atoms with E-state index in [0.717, 1.165) is 5.56 Å². The highest BCUT2D eigenvalue weighted by atomic mass is 16.6. The highest BCUT2D eigenvalue weighted by Gasteiger charge is 2.42. The van der Waals surface area contributed by atoms with Gasteiger partial charge >= 0.3 is 18.0 Å². The number of hydrogen-bond donors (Lipinski definition) is 0. The first-order valence-electron chi connectivity index (χ1n) is 8.97. The molecule has 1 aromatic rings. The summed E-state index contributed by atoms with van der Waals surface area (Å²) in [5.74, 6) is -2.43. The average Bonchev–Trinajstić information content (AvgIpc) is 2.64. The molecule has 0 bridgehead atoms. The molecule has 7 heteroatoms. The molecular formula is C20H27NO6. The lowest BCUT2D eigenvalue weighted by molar-refractivity contribution is -0.163. The summed E-state index contributed by atoms with van der Waals surface area (Å²) in [4.78, 5) is 38.5. The van der Waals surface area contributed by atoms with Crippen LogP contribution in [-0.2, 0) is 30.4 Å². The molecule has 1 aliphatic rings. The maximum Gasteiger partial charge on any atom is 0.410 e. The molecule has 0 aliphatic carbocycles. The van der Waals surface area contributed by atoms with Gasteiger partial charge in [0.2, 0.25) is 0 Å². The Hall–Kier alpha value is -2.57. The molecule has 0 spiro atoms. The summed E-state index contributed by atoms with van der Waals surface area (Å²) in [7, 11) is 1.26. The zero-order chi connectivity index (χ0) is 20.0. The molecular weight excluding hydrogens is 350 g/mol. The lowest BCUT2D eigenvalue weighted by atomic mass is 9.85. The van der Waals surface area contributed by atoms with Gasteiger partial charge in [-0.15, -0.1) is 0 Å². The van der Waals surface area contributed by atoms with Crippen molar-refractivity contribution in [1.82, 2.24) is 4.90 Å². The fourth-order valence-electron chi connectivity index (χ4n) is 2.95. The summed E-state index contributed by atoms with van der Waals surface area (Å²) in [6, 6.07) is 9.32. The van der Waals surface area contributed by atoms with E-state index < -0.39 is 35.5 Å². The van der Waals surface area contributed by atoms with Crippen LogP contribution in [0, 0.1) is 11.8 Å². The topological polar surface area (TPSA) is 82.1 Å². The molecule has 1 saturated heterocycles. The summed E-state index contributed by atoms with van der Waals surface area (Å²) in [5.41, 5.74) is 0.232. The Morgan fingerprint density at radius 1 is 1.07 bits per heavy atom. The van der Waals surface area contributed by atoms with Crippen molar-refractivity contribution in [3.63, 3.8) is 0 Å². The third-order valence-corrected chi connectivity index (χ3v) is 4.30. The number of rotatable bonds is 4. The Kier molecular flexibility index (Phi) is 6.82. The zero-order valence-corrected chi connectivity index (χ0v) is 16.3. The number of piperidine rings is 1. The minimum atomic E-state index is -0.778. The number of hydrogen-bond acceptors (Lipinski definition) is 6. The Morgan fingerprint density at radius 3 is 2.33 bits per heavy atom. The molecule has 0 radical (unpaired) electrons. The summed E-state index contributed by atoms with van der Waals surface area (Å²) in [5, 5.41) is 0. The Morgan fingerprint density at radius 2 is 1.74 bits per heavy atom. The van der Waals surface area contributed by atoms with Gasteiger partial charge in [-0.1, -0.05) is 30.3 Å². The van der Waals surface area contributed by atoms with E-state index in [-0.39, 0.29) is 13.2 Å². The van der Waals surface area contributed by atoms with Crippen LogP contribution >= 0.6 is 0 Å². The van der Waals surface area contributed by atoms with Crippen molar-refractivity contribution in [3.05, 3.63) is 35.9 Å². The maximum absolute atomic E-state index is 12.5. The van der Waals surface area contributed by atoms with E-state index in [0.29, 0.717) is 13.0 Å². The highest BCUT2D eigenvalue weighted by Crippen LogP contribution is 2.27. The molecule has 1 amide bonds. The molecule has 2 atom stereocenters. The van der Waals surface area contributed by atoms with Gasteiger partial charge in [0.05, 0.1) is 18.9 Å². The van der Waals surface area contributed by atoms with Gasteiger partial charge in [0.25, 0.3) is 0 Å². The van der Waals surface area contributed by atoms with E-state index in [1.54, 1.807) is 20.8 Å². The third-order valence-electron chi connectivity index (χ3n) is 4.30. The normalized spacial score (nSPS) is 19.9. The molecule has 7 nitrogen and oxygen atoms in total. The van der Waals surface area contributed by atoms with Gasteiger partial charge in [0, 0.05) is 13.1 Å². The first kappa shape index (κ1) is 20.7. The third kappa shape index (κ3) is 5.98. The smallest absolute Gasteiger partial charge is 0.410 e. The monoisotopic (exact) mass is 377 g/mol. The lowest BCUT2D eigenvalue weighted by Crippen LogP contribution is -2.50. The van der Waals surface area contributed by atoms with E-state index in [1.807, 2.05) is 30.3 Å². The number of amides is 1. The van der Waals surface area contributed by atoms with Gasteiger partial charge in [-0.2, -0.15) is 0 Å². The summed E-state index contributed by atoms with van der Waals surface area (Å²) in [6.45, 7) is 5.84. The number of carbonyl (C=O) groups is 3. The van der Waals surface area contributed by atoms with Crippen molar-refractivity contribution < 1.29 is 28.6 Å². The van der Waals surface area contributed by atoms with Crippen molar-refractivity contribution in [2.24, 2.45) is 11.8 Å². The van der Waals surface area contributed by atoms with Crippen molar-refractivity contribution >= 4 is 18.0 Å². The van der Waals surface area contributed by atoms with Crippen LogP contribution < -0.4 is 0 Å². The molecule has 1 aliphatic heterocycles. The minimum Gasteiger partial charge on any atom is -0.469 e. The number of ether oxygens (including phenoxy) is 3. The molecule has 0 N–H and O–H groups in total. The molecule has 2 rings (SSSR count). The molecule has 1 heterocycles. The second kappa shape index (κ2) is 8.88. The van der Waals surface area contributed by atoms with Crippen LogP contribution in [0.15, 0.2) is 30.3 Å². The molecule has 27 heavy (non-hydrogen) atoms. The van der Waals surface area contributed by atoms with Crippen LogP contribution in [0.1, 0.15) is 32.8 Å². The number of benzene rings is 1. The number of esters is 2. The van der Waals surface area contributed by atoms with Crippen LogP contribution in [0.4, 0.5) is 4.79 Å².